The molecule has 0 radical (unpaired) electrons. The molecular formula is C24H27FN2O. The quantitative estimate of drug-likeness (QED) is 0.543. The lowest BCUT2D eigenvalue weighted by atomic mass is 10.0. The van der Waals surface area contributed by atoms with Gasteiger partial charge in [0.1, 0.15) is 5.82 Å². The monoisotopic (exact) mass is 378 g/mol. The Labute approximate surface area is 166 Å². The largest absolute Gasteiger partial charge is 0.345 e. The Hall–Kier alpha value is -2.88. The topological polar surface area (TPSA) is 25.2 Å². The summed E-state index contributed by atoms with van der Waals surface area (Å²) in [4.78, 5) is 15.0. The van der Waals surface area contributed by atoms with E-state index in [4.69, 9.17) is 0 Å². The second-order valence-electron chi connectivity index (χ2n) is 7.54. The van der Waals surface area contributed by atoms with Crippen molar-refractivity contribution < 1.29 is 9.18 Å². The molecule has 2 aromatic carbocycles. The zero-order valence-electron chi connectivity index (χ0n) is 16.7. The Balaban J connectivity index is 1.87. The zero-order chi connectivity index (χ0) is 20.1. The standard InChI is InChI=1S/C24H27FN2O/c1-18(2)19(3)27(24(28)21-11-7-12-22(25)15-21)17-23-13-8-14-26(23)16-20-9-5-4-6-10-20/h4-15,18-19H,16-17H2,1-3H3/t19-/m0/s1. The van der Waals surface area contributed by atoms with Crippen molar-refractivity contribution in [2.45, 2.75) is 39.9 Å². The van der Waals surface area contributed by atoms with Crippen LogP contribution >= 0.6 is 0 Å². The molecule has 0 N–H and O–H groups in total. The molecular weight excluding hydrogens is 351 g/mol. The number of rotatable bonds is 7. The number of benzene rings is 2. The number of hydrogen-bond acceptors (Lipinski definition) is 1. The van der Waals surface area contributed by atoms with Gasteiger partial charge in [-0.1, -0.05) is 50.2 Å². The minimum atomic E-state index is -0.393. The molecule has 0 aliphatic heterocycles. The third-order valence-corrected chi connectivity index (χ3v) is 5.24. The molecule has 0 aliphatic rings. The SMILES string of the molecule is CC(C)[C@H](C)N(Cc1cccn1Cc1ccccc1)C(=O)c1cccc(F)c1. The van der Waals surface area contributed by atoms with Gasteiger partial charge >= 0.3 is 0 Å². The summed E-state index contributed by atoms with van der Waals surface area (Å²) in [5, 5.41) is 0. The molecule has 0 bridgehead atoms. The van der Waals surface area contributed by atoms with E-state index in [2.05, 4.69) is 30.5 Å². The van der Waals surface area contributed by atoms with E-state index in [0.29, 0.717) is 12.1 Å². The highest BCUT2D eigenvalue weighted by atomic mass is 19.1. The lowest BCUT2D eigenvalue weighted by Crippen LogP contribution is -2.41. The van der Waals surface area contributed by atoms with E-state index < -0.39 is 5.82 Å². The molecule has 0 spiro atoms. The van der Waals surface area contributed by atoms with Gasteiger partial charge in [-0.05, 0) is 48.7 Å². The zero-order valence-corrected chi connectivity index (χ0v) is 16.7. The van der Waals surface area contributed by atoms with Gasteiger partial charge in [0.15, 0.2) is 0 Å². The van der Waals surface area contributed by atoms with Crippen molar-refractivity contribution in [3.63, 3.8) is 0 Å². The molecule has 0 saturated carbocycles. The molecule has 4 heteroatoms. The molecule has 0 fully saturated rings. The van der Waals surface area contributed by atoms with Gasteiger partial charge in [0, 0.05) is 30.0 Å². The first-order chi connectivity index (χ1) is 13.5. The second-order valence-corrected chi connectivity index (χ2v) is 7.54. The van der Waals surface area contributed by atoms with Crippen molar-refractivity contribution in [3.05, 3.63) is 95.6 Å². The molecule has 28 heavy (non-hydrogen) atoms. The summed E-state index contributed by atoms with van der Waals surface area (Å²) in [5.41, 5.74) is 2.65. The molecule has 3 nitrogen and oxygen atoms in total. The van der Waals surface area contributed by atoms with Gasteiger partial charge in [0.25, 0.3) is 5.91 Å². The van der Waals surface area contributed by atoms with E-state index in [9.17, 15) is 9.18 Å². The predicted molar refractivity (Wildman–Crippen MR) is 111 cm³/mol. The first-order valence-electron chi connectivity index (χ1n) is 9.70. The summed E-state index contributed by atoms with van der Waals surface area (Å²) in [5.74, 6) is -0.251. The summed E-state index contributed by atoms with van der Waals surface area (Å²) in [7, 11) is 0. The smallest absolute Gasteiger partial charge is 0.254 e. The normalized spacial score (nSPS) is 12.2. The number of aromatic nitrogens is 1. The fourth-order valence-corrected chi connectivity index (χ4v) is 3.25. The van der Waals surface area contributed by atoms with Crippen molar-refractivity contribution in [1.82, 2.24) is 9.47 Å². The highest BCUT2D eigenvalue weighted by molar-refractivity contribution is 5.94. The van der Waals surface area contributed by atoms with Crippen molar-refractivity contribution in [1.29, 1.82) is 0 Å². The van der Waals surface area contributed by atoms with Crippen LogP contribution in [-0.4, -0.2) is 21.4 Å². The number of amides is 1. The summed E-state index contributed by atoms with van der Waals surface area (Å²) < 4.78 is 15.8. The van der Waals surface area contributed by atoms with Crippen LogP contribution in [0.25, 0.3) is 0 Å². The Kier molecular flexibility index (Phi) is 6.30. The Morgan fingerprint density at radius 1 is 1.00 bits per heavy atom. The maximum Gasteiger partial charge on any atom is 0.254 e. The van der Waals surface area contributed by atoms with E-state index in [1.54, 1.807) is 12.1 Å². The molecule has 1 heterocycles. The highest BCUT2D eigenvalue weighted by Gasteiger charge is 2.25. The predicted octanol–water partition coefficient (Wildman–Crippen LogP) is 5.36. The Bertz CT molecular complexity index is 917. The molecule has 0 unspecified atom stereocenters. The maximum absolute atomic E-state index is 13.7. The van der Waals surface area contributed by atoms with E-state index in [1.807, 2.05) is 48.4 Å². The third-order valence-electron chi connectivity index (χ3n) is 5.24. The van der Waals surface area contributed by atoms with Crippen LogP contribution in [0.3, 0.4) is 0 Å². The van der Waals surface area contributed by atoms with Gasteiger partial charge in [-0.3, -0.25) is 4.79 Å². The summed E-state index contributed by atoms with van der Waals surface area (Å²) in [6.45, 7) is 7.47. The fraction of sp³-hybridized carbons (Fsp3) is 0.292. The van der Waals surface area contributed by atoms with Gasteiger partial charge in [-0.15, -0.1) is 0 Å². The molecule has 3 rings (SSSR count). The first kappa shape index (κ1) is 19.9. The Morgan fingerprint density at radius 2 is 1.75 bits per heavy atom. The van der Waals surface area contributed by atoms with Gasteiger partial charge in [-0.25, -0.2) is 4.39 Å². The number of halogens is 1. The lowest BCUT2D eigenvalue weighted by Gasteiger charge is -2.32. The minimum absolute atomic E-state index is 0.0239. The third kappa shape index (κ3) is 4.69. The molecule has 1 aromatic heterocycles. The van der Waals surface area contributed by atoms with Crippen molar-refractivity contribution in [2.75, 3.05) is 0 Å². The summed E-state index contributed by atoms with van der Waals surface area (Å²) >= 11 is 0. The minimum Gasteiger partial charge on any atom is -0.345 e. The van der Waals surface area contributed by atoms with Gasteiger partial charge < -0.3 is 9.47 Å². The fourth-order valence-electron chi connectivity index (χ4n) is 3.25. The molecule has 146 valence electrons. The lowest BCUT2D eigenvalue weighted by molar-refractivity contribution is 0.0622. The van der Waals surface area contributed by atoms with Crippen LogP contribution in [0.4, 0.5) is 4.39 Å². The number of nitrogens with zero attached hydrogens (tertiary/aromatic N) is 2. The molecule has 1 amide bonds. The second kappa shape index (κ2) is 8.87. The molecule has 1 atom stereocenters. The van der Waals surface area contributed by atoms with Crippen LogP contribution in [0, 0.1) is 11.7 Å². The van der Waals surface area contributed by atoms with Gasteiger partial charge in [0.2, 0.25) is 0 Å². The van der Waals surface area contributed by atoms with Crippen LogP contribution in [-0.2, 0) is 13.1 Å². The number of carbonyl (C=O) groups excluding carboxylic acids is 1. The average molecular weight is 378 g/mol. The first-order valence-corrected chi connectivity index (χ1v) is 9.70. The number of hydrogen-bond donors (Lipinski definition) is 0. The average Bonchev–Trinajstić information content (AvgIpc) is 3.12. The van der Waals surface area contributed by atoms with Gasteiger partial charge in [-0.2, -0.15) is 0 Å². The van der Waals surface area contributed by atoms with Crippen LogP contribution < -0.4 is 0 Å². The van der Waals surface area contributed by atoms with Crippen molar-refractivity contribution in [2.24, 2.45) is 5.92 Å². The van der Waals surface area contributed by atoms with Crippen LogP contribution in [0.1, 0.15) is 42.4 Å². The van der Waals surface area contributed by atoms with E-state index in [0.717, 1.165) is 12.2 Å². The van der Waals surface area contributed by atoms with Crippen molar-refractivity contribution in [3.8, 4) is 0 Å². The molecule has 0 saturated heterocycles. The Morgan fingerprint density at radius 3 is 2.43 bits per heavy atom. The number of carbonyl (C=O) groups is 1. The van der Waals surface area contributed by atoms with E-state index in [-0.39, 0.29) is 17.9 Å². The van der Waals surface area contributed by atoms with Crippen LogP contribution in [0.15, 0.2) is 72.9 Å². The molecule has 3 aromatic rings. The highest BCUT2D eigenvalue weighted by Crippen LogP contribution is 2.20. The molecule has 0 aliphatic carbocycles. The van der Waals surface area contributed by atoms with E-state index in [1.165, 1.54) is 17.7 Å². The van der Waals surface area contributed by atoms with E-state index >= 15 is 0 Å². The maximum atomic E-state index is 13.7. The van der Waals surface area contributed by atoms with Crippen LogP contribution in [0.2, 0.25) is 0 Å². The van der Waals surface area contributed by atoms with Crippen LogP contribution in [0.5, 0.6) is 0 Å². The summed E-state index contributed by atoms with van der Waals surface area (Å²) in [6, 6.07) is 20.2. The van der Waals surface area contributed by atoms with Gasteiger partial charge in [0.05, 0.1) is 6.54 Å². The summed E-state index contributed by atoms with van der Waals surface area (Å²) in [6.07, 6.45) is 2.03. The van der Waals surface area contributed by atoms with Crippen molar-refractivity contribution >= 4 is 5.91 Å².